The number of carbonyl (C=O) groups excluding carboxylic acids is 2. The maximum atomic E-state index is 12.5. The summed E-state index contributed by atoms with van der Waals surface area (Å²) in [6, 6.07) is 5.94. The highest BCUT2D eigenvalue weighted by Crippen LogP contribution is 2.16. The third-order valence-electron chi connectivity index (χ3n) is 5.76. The fraction of sp³-hybridized carbons (Fsp3) is 0.630. The van der Waals surface area contributed by atoms with E-state index >= 15 is 0 Å². The van der Waals surface area contributed by atoms with Crippen molar-refractivity contribution in [1.29, 1.82) is 0 Å². The van der Waals surface area contributed by atoms with Gasteiger partial charge in [-0.05, 0) is 18.1 Å². The molecular formula is C27H43N3O4. The van der Waals surface area contributed by atoms with E-state index in [-0.39, 0.29) is 17.3 Å². The quantitative estimate of drug-likeness (QED) is 0.101. The van der Waals surface area contributed by atoms with Crippen molar-refractivity contribution in [3.63, 3.8) is 0 Å². The van der Waals surface area contributed by atoms with Crippen LogP contribution in [0.25, 0.3) is 6.08 Å². The van der Waals surface area contributed by atoms with Crippen LogP contribution in [0.1, 0.15) is 109 Å². The minimum absolute atomic E-state index is 0.0706. The zero-order chi connectivity index (χ0) is 25.0. The Morgan fingerprint density at radius 3 is 1.91 bits per heavy atom. The number of amides is 2. The standard InChI is InChI=1S/C27H43N3O4/c1-3-4-5-6-7-8-9-10-11-12-13-14-15-16-20-28-27(32)26(29-23(2)31)22-24-18-17-19-25(21-24)30(33)34/h17-19,21-22H,3-16,20H2,1-2H3,(H,28,32)(H,29,31)/b26-22-. The summed E-state index contributed by atoms with van der Waals surface area (Å²) in [4.78, 5) is 34.5. The Morgan fingerprint density at radius 2 is 1.41 bits per heavy atom. The summed E-state index contributed by atoms with van der Waals surface area (Å²) in [7, 11) is 0. The second-order valence-corrected chi connectivity index (χ2v) is 8.94. The molecule has 1 aromatic carbocycles. The van der Waals surface area contributed by atoms with E-state index in [1.165, 1.54) is 95.8 Å². The van der Waals surface area contributed by atoms with Crippen molar-refractivity contribution in [2.24, 2.45) is 0 Å². The molecule has 1 aromatic rings. The normalized spacial score (nSPS) is 11.3. The first-order valence-electron chi connectivity index (χ1n) is 13.0. The summed E-state index contributed by atoms with van der Waals surface area (Å²) >= 11 is 0. The Hall–Kier alpha value is -2.70. The average molecular weight is 474 g/mol. The molecule has 34 heavy (non-hydrogen) atoms. The number of carbonyl (C=O) groups is 2. The predicted molar refractivity (Wildman–Crippen MR) is 138 cm³/mol. The van der Waals surface area contributed by atoms with Gasteiger partial charge < -0.3 is 10.6 Å². The molecule has 0 radical (unpaired) electrons. The summed E-state index contributed by atoms with van der Waals surface area (Å²) < 4.78 is 0. The molecule has 1 rings (SSSR count). The van der Waals surface area contributed by atoms with E-state index in [0.717, 1.165) is 19.3 Å². The van der Waals surface area contributed by atoms with Crippen LogP contribution >= 0.6 is 0 Å². The zero-order valence-corrected chi connectivity index (χ0v) is 21.1. The van der Waals surface area contributed by atoms with Gasteiger partial charge in [0.2, 0.25) is 5.91 Å². The van der Waals surface area contributed by atoms with Gasteiger partial charge in [0.15, 0.2) is 0 Å². The largest absolute Gasteiger partial charge is 0.351 e. The molecule has 0 heterocycles. The molecule has 2 amide bonds. The second-order valence-electron chi connectivity index (χ2n) is 8.94. The topological polar surface area (TPSA) is 101 Å². The minimum atomic E-state index is -0.495. The number of unbranched alkanes of at least 4 members (excludes halogenated alkanes) is 13. The molecule has 0 aliphatic rings. The van der Waals surface area contributed by atoms with E-state index in [1.54, 1.807) is 12.1 Å². The summed E-state index contributed by atoms with van der Waals surface area (Å²) in [5, 5.41) is 16.3. The van der Waals surface area contributed by atoms with Gasteiger partial charge >= 0.3 is 0 Å². The van der Waals surface area contributed by atoms with Crippen LogP contribution in [0.2, 0.25) is 0 Å². The molecule has 0 aromatic heterocycles. The van der Waals surface area contributed by atoms with Gasteiger partial charge in [0.1, 0.15) is 5.70 Å². The third kappa shape index (κ3) is 14.4. The van der Waals surface area contributed by atoms with Crippen LogP contribution in [-0.2, 0) is 9.59 Å². The number of benzene rings is 1. The van der Waals surface area contributed by atoms with Crippen LogP contribution in [0.4, 0.5) is 5.69 Å². The van der Waals surface area contributed by atoms with Crippen LogP contribution < -0.4 is 10.6 Å². The van der Waals surface area contributed by atoms with E-state index < -0.39 is 10.8 Å². The van der Waals surface area contributed by atoms with Crippen LogP contribution in [-0.4, -0.2) is 23.3 Å². The fourth-order valence-electron chi connectivity index (χ4n) is 3.86. The molecule has 7 nitrogen and oxygen atoms in total. The number of nitrogens with one attached hydrogen (secondary N) is 2. The summed E-state index contributed by atoms with van der Waals surface area (Å²) in [6.07, 6.45) is 19.3. The molecule has 0 saturated carbocycles. The van der Waals surface area contributed by atoms with Gasteiger partial charge in [0.05, 0.1) is 4.92 Å². The molecule has 0 unspecified atom stereocenters. The first kappa shape index (κ1) is 29.3. The number of nitro groups is 1. The van der Waals surface area contributed by atoms with Crippen LogP contribution in [0.3, 0.4) is 0 Å². The van der Waals surface area contributed by atoms with Gasteiger partial charge in [-0.1, -0.05) is 103 Å². The van der Waals surface area contributed by atoms with E-state index in [0.29, 0.717) is 12.1 Å². The zero-order valence-electron chi connectivity index (χ0n) is 21.1. The lowest BCUT2D eigenvalue weighted by Crippen LogP contribution is -2.34. The first-order chi connectivity index (χ1) is 16.4. The summed E-state index contributed by atoms with van der Waals surface area (Å²) in [5.74, 6) is -0.764. The lowest BCUT2D eigenvalue weighted by molar-refractivity contribution is -0.384. The lowest BCUT2D eigenvalue weighted by atomic mass is 10.0. The van der Waals surface area contributed by atoms with Gasteiger partial charge in [0.25, 0.3) is 11.6 Å². The Kier molecular flexibility index (Phi) is 16.1. The predicted octanol–water partition coefficient (Wildman–Crippen LogP) is 6.67. The third-order valence-corrected chi connectivity index (χ3v) is 5.76. The second kappa shape index (κ2) is 18.7. The van der Waals surface area contributed by atoms with Gasteiger partial charge in [-0.25, -0.2) is 0 Å². The number of hydrogen-bond donors (Lipinski definition) is 2. The van der Waals surface area contributed by atoms with E-state index in [4.69, 9.17) is 0 Å². The van der Waals surface area contributed by atoms with Crippen molar-refractivity contribution in [2.75, 3.05) is 6.54 Å². The van der Waals surface area contributed by atoms with E-state index in [2.05, 4.69) is 17.6 Å². The molecule has 190 valence electrons. The molecule has 0 fully saturated rings. The van der Waals surface area contributed by atoms with Crippen LogP contribution in [0.5, 0.6) is 0 Å². The Bertz CT molecular complexity index is 777. The molecule has 0 bridgehead atoms. The van der Waals surface area contributed by atoms with Crippen LogP contribution in [0.15, 0.2) is 30.0 Å². The Morgan fingerprint density at radius 1 is 0.882 bits per heavy atom. The average Bonchev–Trinajstić information content (AvgIpc) is 2.81. The number of rotatable bonds is 19. The van der Waals surface area contributed by atoms with Gasteiger partial charge in [0, 0.05) is 25.6 Å². The maximum absolute atomic E-state index is 12.5. The smallest absolute Gasteiger partial charge is 0.270 e. The summed E-state index contributed by atoms with van der Waals surface area (Å²) in [5.41, 5.74) is 0.488. The van der Waals surface area contributed by atoms with E-state index in [9.17, 15) is 19.7 Å². The Labute approximate surface area is 204 Å². The van der Waals surface area contributed by atoms with Crippen molar-refractivity contribution in [1.82, 2.24) is 10.6 Å². The SMILES string of the molecule is CCCCCCCCCCCCCCCCNC(=O)/C(=C/c1cccc([N+](=O)[O-])c1)NC(C)=O. The minimum Gasteiger partial charge on any atom is -0.351 e. The molecule has 0 spiro atoms. The number of non-ortho nitro benzene ring substituents is 1. The van der Waals surface area contributed by atoms with Crippen molar-refractivity contribution >= 4 is 23.6 Å². The molecule has 0 atom stereocenters. The maximum Gasteiger partial charge on any atom is 0.270 e. The van der Waals surface area contributed by atoms with Gasteiger partial charge in [-0.2, -0.15) is 0 Å². The van der Waals surface area contributed by atoms with Crippen molar-refractivity contribution < 1.29 is 14.5 Å². The van der Waals surface area contributed by atoms with E-state index in [1.807, 2.05) is 0 Å². The van der Waals surface area contributed by atoms with Crippen molar-refractivity contribution in [3.05, 3.63) is 45.6 Å². The van der Waals surface area contributed by atoms with Crippen molar-refractivity contribution in [2.45, 2.75) is 104 Å². The Balaban J connectivity index is 2.22. The fourth-order valence-corrected chi connectivity index (χ4v) is 3.86. The molecule has 0 aliphatic carbocycles. The first-order valence-corrected chi connectivity index (χ1v) is 13.0. The number of hydrogen-bond acceptors (Lipinski definition) is 4. The number of nitrogens with zero attached hydrogens (tertiary/aromatic N) is 1. The van der Waals surface area contributed by atoms with Crippen molar-refractivity contribution in [3.8, 4) is 0 Å². The molecule has 2 N–H and O–H groups in total. The molecule has 7 heteroatoms. The molecule has 0 saturated heterocycles. The summed E-state index contributed by atoms with van der Waals surface area (Å²) in [6.45, 7) is 4.11. The number of nitro benzene ring substituents is 1. The highest BCUT2D eigenvalue weighted by Gasteiger charge is 2.12. The van der Waals surface area contributed by atoms with Gasteiger partial charge in [-0.15, -0.1) is 0 Å². The lowest BCUT2D eigenvalue weighted by Gasteiger charge is -2.10. The van der Waals surface area contributed by atoms with Gasteiger partial charge in [-0.3, -0.25) is 19.7 Å². The van der Waals surface area contributed by atoms with Crippen LogP contribution in [0, 0.1) is 10.1 Å². The molecule has 0 aliphatic heterocycles. The highest BCUT2D eigenvalue weighted by atomic mass is 16.6. The monoisotopic (exact) mass is 473 g/mol. The highest BCUT2D eigenvalue weighted by molar-refractivity contribution is 6.00. The molecular weight excluding hydrogens is 430 g/mol.